The van der Waals surface area contributed by atoms with E-state index >= 15 is 0 Å². The third-order valence-corrected chi connectivity index (χ3v) is 9.07. The van der Waals surface area contributed by atoms with Crippen molar-refractivity contribution in [1.82, 2.24) is 19.5 Å². The van der Waals surface area contributed by atoms with E-state index in [0.29, 0.717) is 0 Å². The van der Waals surface area contributed by atoms with Gasteiger partial charge in [0.2, 0.25) is 0 Å². The summed E-state index contributed by atoms with van der Waals surface area (Å²) in [6, 6.07) is 4.38. The fraction of sp³-hybridized carbons (Fsp3) is 0.444. The van der Waals surface area contributed by atoms with Gasteiger partial charge in [-0.05, 0) is 98.4 Å². The van der Waals surface area contributed by atoms with E-state index in [2.05, 4.69) is 89.2 Å². The summed E-state index contributed by atoms with van der Waals surface area (Å²) in [5.74, 6) is 0. The lowest BCUT2D eigenvalue weighted by Gasteiger charge is -2.11. The number of nitrogen functional groups attached to an aromatic ring is 1. The standard InChI is InChI=1S/C36H47N5/c1-9-23-26(12-4)36-29(15-7)34-25(11-3)24(10-2)33(40-34)28(14-6)35-27(13-5)32(37)30(39-35)19-21-17-18-22(38-21)20-31(23)41(36)16-8/h17-20,39H,9-16,37H2,1-8H3. The van der Waals surface area contributed by atoms with E-state index in [-0.39, 0.29) is 0 Å². The van der Waals surface area contributed by atoms with Crippen molar-refractivity contribution in [2.24, 2.45) is 0 Å². The molecule has 216 valence electrons. The molecule has 0 atom stereocenters. The van der Waals surface area contributed by atoms with Gasteiger partial charge in [-0.1, -0.05) is 48.5 Å². The molecule has 0 spiro atoms. The van der Waals surface area contributed by atoms with Crippen molar-refractivity contribution in [2.75, 3.05) is 5.73 Å². The third-order valence-electron chi connectivity index (χ3n) is 9.07. The number of rotatable bonds is 8. The average molecular weight is 550 g/mol. The van der Waals surface area contributed by atoms with E-state index in [1.807, 2.05) is 0 Å². The number of hydrogen-bond acceptors (Lipinski definition) is 3. The van der Waals surface area contributed by atoms with Crippen molar-refractivity contribution >= 4 is 51.1 Å². The molecule has 2 aliphatic heterocycles. The number of nitrogens with one attached hydrogen (secondary N) is 1. The summed E-state index contributed by atoms with van der Waals surface area (Å²) in [7, 11) is 0. The van der Waals surface area contributed by atoms with E-state index in [9.17, 15) is 0 Å². The predicted molar refractivity (Wildman–Crippen MR) is 178 cm³/mol. The Bertz CT molecular complexity index is 1720. The van der Waals surface area contributed by atoms with Crippen LogP contribution in [0.2, 0.25) is 0 Å². The number of aromatic amines is 1. The molecule has 2 aliphatic rings. The summed E-state index contributed by atoms with van der Waals surface area (Å²) in [5.41, 5.74) is 26.0. The van der Waals surface area contributed by atoms with Crippen LogP contribution in [0.4, 0.5) is 5.69 Å². The first-order chi connectivity index (χ1) is 19.9. The van der Waals surface area contributed by atoms with Crippen molar-refractivity contribution < 1.29 is 0 Å². The number of hydrogen-bond donors (Lipinski definition) is 2. The highest BCUT2D eigenvalue weighted by molar-refractivity contribution is 5.97. The van der Waals surface area contributed by atoms with Gasteiger partial charge >= 0.3 is 0 Å². The minimum absolute atomic E-state index is 0.817. The van der Waals surface area contributed by atoms with Crippen LogP contribution in [-0.4, -0.2) is 19.5 Å². The van der Waals surface area contributed by atoms with Gasteiger partial charge in [-0.2, -0.15) is 0 Å². The van der Waals surface area contributed by atoms with Crippen LogP contribution < -0.4 is 5.73 Å². The second-order valence-electron chi connectivity index (χ2n) is 11.0. The number of aromatic nitrogens is 4. The molecular formula is C36H47N5. The number of nitrogens with zero attached hydrogens (tertiary/aromatic N) is 3. The first-order valence-electron chi connectivity index (χ1n) is 15.9. The van der Waals surface area contributed by atoms with E-state index < -0.39 is 0 Å². The topological polar surface area (TPSA) is 72.5 Å². The van der Waals surface area contributed by atoms with Gasteiger partial charge < -0.3 is 15.3 Å². The second kappa shape index (κ2) is 11.7. The number of fused-ring (bicyclic) bond motifs is 8. The van der Waals surface area contributed by atoms with E-state index in [1.54, 1.807) is 0 Å². The lowest BCUT2D eigenvalue weighted by atomic mass is 9.93. The van der Waals surface area contributed by atoms with Crippen LogP contribution >= 0.6 is 0 Å². The monoisotopic (exact) mass is 549 g/mol. The third kappa shape index (κ3) is 4.54. The smallest absolute Gasteiger partial charge is 0.0725 e. The van der Waals surface area contributed by atoms with Crippen LogP contribution in [0.1, 0.15) is 119 Å². The zero-order valence-electron chi connectivity index (χ0n) is 26.4. The molecular weight excluding hydrogens is 502 g/mol. The maximum absolute atomic E-state index is 6.81. The Morgan fingerprint density at radius 2 is 1.20 bits per heavy atom. The highest BCUT2D eigenvalue weighted by Crippen LogP contribution is 2.41. The zero-order valence-corrected chi connectivity index (χ0v) is 26.4. The molecule has 3 N–H and O–H groups in total. The Labute approximate surface area is 245 Å². The SMILES string of the molecule is CCC1=C(CC)c2nc1c(CC)c1[nH]c(cc3nc(cc4c(CC)c(CC)c(c2CC)n4CC)C=C3)c(N)c1CC. The average Bonchev–Trinajstić information content (AvgIpc) is 3.72. The van der Waals surface area contributed by atoms with Crippen LogP contribution in [0.3, 0.4) is 0 Å². The highest BCUT2D eigenvalue weighted by atomic mass is 15.0. The summed E-state index contributed by atoms with van der Waals surface area (Å²) in [5, 5.41) is 0. The van der Waals surface area contributed by atoms with Gasteiger partial charge in [-0.25, -0.2) is 9.97 Å². The normalized spacial score (nSPS) is 13.1. The molecule has 41 heavy (non-hydrogen) atoms. The predicted octanol–water partition coefficient (Wildman–Crippen LogP) is 9.10. The Balaban J connectivity index is 2.15. The molecule has 0 saturated heterocycles. The van der Waals surface area contributed by atoms with Crippen molar-refractivity contribution in [2.45, 2.75) is 107 Å². The molecule has 0 unspecified atom stereocenters. The summed E-state index contributed by atoms with van der Waals surface area (Å²) in [6.45, 7) is 19.1. The van der Waals surface area contributed by atoms with E-state index in [4.69, 9.17) is 15.7 Å². The largest absolute Gasteiger partial charge is 0.397 e. The zero-order chi connectivity index (χ0) is 29.4. The lowest BCUT2D eigenvalue weighted by Crippen LogP contribution is -2.00. The summed E-state index contributed by atoms with van der Waals surface area (Å²) in [4.78, 5) is 14.4. The van der Waals surface area contributed by atoms with Gasteiger partial charge in [0.1, 0.15) is 0 Å². The molecule has 0 radical (unpaired) electrons. The Kier molecular flexibility index (Phi) is 8.26. The highest BCUT2D eigenvalue weighted by Gasteiger charge is 2.26. The summed E-state index contributed by atoms with van der Waals surface area (Å²) in [6.07, 6.45) is 10.8. The van der Waals surface area contributed by atoms with Crippen LogP contribution in [0.5, 0.6) is 0 Å². The first kappa shape index (κ1) is 28.9. The fourth-order valence-electron chi connectivity index (χ4n) is 7.22. The summed E-state index contributed by atoms with van der Waals surface area (Å²) < 4.78 is 2.54. The van der Waals surface area contributed by atoms with Gasteiger partial charge in [-0.15, -0.1) is 0 Å². The van der Waals surface area contributed by atoms with Gasteiger partial charge in [0.05, 0.1) is 39.5 Å². The minimum atomic E-state index is 0.817. The molecule has 0 aliphatic carbocycles. The molecule has 8 bridgehead atoms. The van der Waals surface area contributed by atoms with Gasteiger partial charge in [0, 0.05) is 34.3 Å². The first-order valence-corrected chi connectivity index (χ1v) is 15.9. The van der Waals surface area contributed by atoms with Crippen LogP contribution in [0.15, 0.2) is 12.1 Å². The van der Waals surface area contributed by atoms with Gasteiger partial charge in [-0.3, -0.25) is 0 Å². The Morgan fingerprint density at radius 1 is 0.634 bits per heavy atom. The molecule has 0 aromatic carbocycles. The molecule has 0 saturated carbocycles. The van der Waals surface area contributed by atoms with Gasteiger partial charge in [0.15, 0.2) is 0 Å². The van der Waals surface area contributed by atoms with Crippen LogP contribution in [0.25, 0.3) is 45.4 Å². The van der Waals surface area contributed by atoms with Crippen LogP contribution in [0, 0.1) is 0 Å². The van der Waals surface area contributed by atoms with Crippen molar-refractivity contribution in [1.29, 1.82) is 0 Å². The molecule has 5 nitrogen and oxygen atoms in total. The fourth-order valence-corrected chi connectivity index (χ4v) is 7.22. The number of H-pyrrole nitrogens is 1. The number of nitrogens with two attached hydrogens (primary N) is 1. The Morgan fingerprint density at radius 3 is 1.73 bits per heavy atom. The quantitative estimate of drug-likeness (QED) is 0.230. The number of anilines is 1. The Hall–Kier alpha value is -3.60. The maximum atomic E-state index is 6.81. The molecule has 3 aromatic rings. The van der Waals surface area contributed by atoms with Gasteiger partial charge in [0.25, 0.3) is 0 Å². The molecule has 3 aromatic heterocycles. The number of aryl methyl sites for hydroxylation is 6. The molecule has 0 fully saturated rings. The minimum Gasteiger partial charge on any atom is -0.397 e. The van der Waals surface area contributed by atoms with E-state index in [0.717, 1.165) is 85.3 Å². The number of allylic oxidation sites excluding steroid dienone is 2. The molecule has 5 heteroatoms. The second-order valence-corrected chi connectivity index (χ2v) is 11.0. The summed E-state index contributed by atoms with van der Waals surface area (Å²) >= 11 is 0. The van der Waals surface area contributed by atoms with Crippen molar-refractivity contribution in [3.63, 3.8) is 0 Å². The molecule has 5 heterocycles. The van der Waals surface area contributed by atoms with Crippen molar-refractivity contribution in [3.8, 4) is 0 Å². The molecule has 5 rings (SSSR count). The maximum Gasteiger partial charge on any atom is 0.0725 e. The lowest BCUT2D eigenvalue weighted by molar-refractivity contribution is 0.815. The molecule has 0 amide bonds. The van der Waals surface area contributed by atoms with Crippen molar-refractivity contribution in [3.05, 3.63) is 62.7 Å². The van der Waals surface area contributed by atoms with E-state index in [1.165, 1.54) is 55.7 Å². The van der Waals surface area contributed by atoms with Crippen LogP contribution in [-0.2, 0) is 38.6 Å².